The molecule has 2 aromatic heterocycles. The van der Waals surface area contributed by atoms with E-state index in [1.165, 1.54) is 30.8 Å². The van der Waals surface area contributed by atoms with E-state index in [2.05, 4.69) is 21.2 Å². The summed E-state index contributed by atoms with van der Waals surface area (Å²) in [7, 11) is -0.598. The molecule has 3 aromatic rings. The van der Waals surface area contributed by atoms with Crippen molar-refractivity contribution in [3.8, 4) is 12.3 Å². The van der Waals surface area contributed by atoms with Crippen molar-refractivity contribution in [3.05, 3.63) is 52.4 Å². The normalized spacial score (nSPS) is 20.8. The van der Waals surface area contributed by atoms with Crippen LogP contribution in [0.3, 0.4) is 0 Å². The summed E-state index contributed by atoms with van der Waals surface area (Å²) in [5.74, 6) is 2.65. The van der Waals surface area contributed by atoms with E-state index in [1.54, 1.807) is 31.3 Å². The van der Waals surface area contributed by atoms with Gasteiger partial charge < -0.3 is 10.4 Å². The second kappa shape index (κ2) is 8.26. The van der Waals surface area contributed by atoms with Crippen molar-refractivity contribution >= 4 is 32.7 Å². The van der Waals surface area contributed by atoms with Crippen LogP contribution in [0.15, 0.2) is 46.2 Å². The Labute approximate surface area is 192 Å². The summed E-state index contributed by atoms with van der Waals surface area (Å²) >= 11 is 0. The summed E-state index contributed by atoms with van der Waals surface area (Å²) in [5, 5.41) is 14.5. The SMILES string of the molecule is C#Cc1cc2cnc(Nc3ccc(S(=O)(=O)N(C)C)cc3)nc2n([C@@H]2CCC[C@@]2(C)O)c1=O. The maximum atomic E-state index is 13.1. The number of fused-ring (bicyclic) bond motifs is 1. The third-order valence-electron chi connectivity index (χ3n) is 6.01. The molecule has 172 valence electrons. The molecule has 0 aliphatic heterocycles. The lowest BCUT2D eigenvalue weighted by atomic mass is 9.99. The van der Waals surface area contributed by atoms with E-state index in [-0.39, 0.29) is 22.0 Å². The van der Waals surface area contributed by atoms with E-state index in [0.29, 0.717) is 29.6 Å². The van der Waals surface area contributed by atoms with Crippen molar-refractivity contribution in [1.29, 1.82) is 0 Å². The van der Waals surface area contributed by atoms with Gasteiger partial charge in [0.1, 0.15) is 5.65 Å². The van der Waals surface area contributed by atoms with Crippen LogP contribution in [0, 0.1) is 12.3 Å². The van der Waals surface area contributed by atoms with Crippen molar-refractivity contribution in [2.45, 2.75) is 42.7 Å². The first-order valence-corrected chi connectivity index (χ1v) is 11.9. The van der Waals surface area contributed by atoms with Gasteiger partial charge >= 0.3 is 0 Å². The van der Waals surface area contributed by atoms with E-state index < -0.39 is 21.7 Å². The molecule has 0 bridgehead atoms. The Kier molecular flexibility index (Phi) is 5.74. The molecule has 0 amide bonds. The van der Waals surface area contributed by atoms with Gasteiger partial charge in [0.2, 0.25) is 16.0 Å². The molecule has 2 atom stereocenters. The van der Waals surface area contributed by atoms with Gasteiger partial charge in [-0.1, -0.05) is 5.92 Å². The van der Waals surface area contributed by atoms with Gasteiger partial charge in [0, 0.05) is 31.4 Å². The van der Waals surface area contributed by atoms with Crippen LogP contribution in [0.25, 0.3) is 11.0 Å². The fraction of sp³-hybridized carbons (Fsp3) is 0.348. The summed E-state index contributed by atoms with van der Waals surface area (Å²) in [4.78, 5) is 22.1. The fourth-order valence-electron chi connectivity index (χ4n) is 4.16. The number of aromatic nitrogens is 3. The standard InChI is InChI=1S/C23H25N5O4S/c1-5-15-13-16-14-24-22(25-17-8-10-18(11-9-17)33(31,32)27(3)4)26-20(16)28(21(15)29)19-7-6-12-23(19,2)30/h1,8-11,13-14,19,30H,6-7,12H2,2-4H3,(H,24,25,26)/t19-,23-/m1/s1. The maximum Gasteiger partial charge on any atom is 0.268 e. The molecule has 9 nitrogen and oxygen atoms in total. The van der Waals surface area contributed by atoms with Gasteiger partial charge in [0.25, 0.3) is 5.56 Å². The number of terminal acetylenes is 1. The average Bonchev–Trinajstić information content (AvgIpc) is 3.12. The van der Waals surface area contributed by atoms with Crippen LogP contribution in [-0.2, 0) is 10.0 Å². The molecule has 0 unspecified atom stereocenters. The van der Waals surface area contributed by atoms with Gasteiger partial charge in [-0.05, 0) is 56.5 Å². The van der Waals surface area contributed by atoms with Crippen LogP contribution >= 0.6 is 0 Å². The Morgan fingerprint density at radius 2 is 2.00 bits per heavy atom. The number of hydrogen-bond acceptors (Lipinski definition) is 7. The van der Waals surface area contributed by atoms with Gasteiger partial charge in [0.05, 0.1) is 22.1 Å². The van der Waals surface area contributed by atoms with Crippen molar-refractivity contribution in [3.63, 3.8) is 0 Å². The molecular formula is C23H25N5O4S. The molecule has 10 heteroatoms. The van der Waals surface area contributed by atoms with E-state index >= 15 is 0 Å². The van der Waals surface area contributed by atoms with Crippen molar-refractivity contribution in [1.82, 2.24) is 18.8 Å². The highest BCUT2D eigenvalue weighted by Gasteiger charge is 2.39. The minimum absolute atomic E-state index is 0.164. The molecule has 0 spiro atoms. The van der Waals surface area contributed by atoms with Crippen molar-refractivity contribution < 1.29 is 13.5 Å². The number of anilines is 2. The maximum absolute atomic E-state index is 13.1. The molecule has 1 aliphatic rings. The number of pyridine rings is 1. The largest absolute Gasteiger partial charge is 0.388 e. The molecular weight excluding hydrogens is 442 g/mol. The van der Waals surface area contributed by atoms with Crippen LogP contribution in [0.1, 0.15) is 37.8 Å². The molecule has 0 saturated heterocycles. The first-order valence-electron chi connectivity index (χ1n) is 10.5. The van der Waals surface area contributed by atoms with Gasteiger partial charge in [0.15, 0.2) is 0 Å². The van der Waals surface area contributed by atoms with Crippen LogP contribution < -0.4 is 10.9 Å². The monoisotopic (exact) mass is 467 g/mol. The van der Waals surface area contributed by atoms with Crippen molar-refractivity contribution in [2.24, 2.45) is 0 Å². The fourth-order valence-corrected chi connectivity index (χ4v) is 5.06. The first kappa shape index (κ1) is 22.9. The van der Waals surface area contributed by atoms with E-state index in [1.807, 2.05) is 0 Å². The quantitative estimate of drug-likeness (QED) is 0.553. The minimum atomic E-state index is -3.54. The zero-order valence-electron chi connectivity index (χ0n) is 18.6. The smallest absolute Gasteiger partial charge is 0.268 e. The Hall–Kier alpha value is -3.26. The summed E-state index contributed by atoms with van der Waals surface area (Å²) in [6, 6.07) is 7.31. The number of sulfonamides is 1. The zero-order valence-corrected chi connectivity index (χ0v) is 19.4. The molecule has 33 heavy (non-hydrogen) atoms. The third-order valence-corrected chi connectivity index (χ3v) is 7.84. The summed E-state index contributed by atoms with van der Waals surface area (Å²) in [5.41, 5.74) is -0.298. The van der Waals surface area contributed by atoms with Crippen LogP contribution in [0.5, 0.6) is 0 Å². The highest BCUT2D eigenvalue weighted by Crippen LogP contribution is 2.39. The highest BCUT2D eigenvalue weighted by atomic mass is 32.2. The van der Waals surface area contributed by atoms with Crippen LogP contribution in [0.4, 0.5) is 11.6 Å². The summed E-state index contributed by atoms with van der Waals surface area (Å²) in [6.45, 7) is 1.72. The summed E-state index contributed by atoms with van der Waals surface area (Å²) < 4.78 is 27.1. The molecule has 1 aliphatic carbocycles. The second-order valence-corrected chi connectivity index (χ2v) is 10.7. The predicted molar refractivity (Wildman–Crippen MR) is 126 cm³/mol. The lowest BCUT2D eigenvalue weighted by molar-refractivity contribution is 0.0266. The van der Waals surface area contributed by atoms with E-state index in [9.17, 15) is 18.3 Å². The van der Waals surface area contributed by atoms with Crippen LogP contribution in [-0.4, -0.2) is 52.1 Å². The summed E-state index contributed by atoms with van der Waals surface area (Å²) in [6.07, 6.45) is 9.10. The highest BCUT2D eigenvalue weighted by molar-refractivity contribution is 7.89. The number of benzene rings is 1. The molecule has 2 heterocycles. The van der Waals surface area contributed by atoms with Crippen molar-refractivity contribution in [2.75, 3.05) is 19.4 Å². The third kappa shape index (κ3) is 4.11. The Balaban J connectivity index is 1.76. The van der Waals surface area contributed by atoms with Gasteiger partial charge in [-0.25, -0.2) is 17.7 Å². The molecule has 1 aromatic carbocycles. The first-order chi connectivity index (χ1) is 15.5. The minimum Gasteiger partial charge on any atom is -0.388 e. The number of nitrogens with one attached hydrogen (secondary N) is 1. The molecule has 1 fully saturated rings. The lowest BCUT2D eigenvalue weighted by Gasteiger charge is -2.28. The molecule has 0 radical (unpaired) electrons. The molecule has 1 saturated carbocycles. The van der Waals surface area contributed by atoms with E-state index in [0.717, 1.165) is 10.7 Å². The topological polar surface area (TPSA) is 117 Å². The Bertz CT molecular complexity index is 1420. The molecule has 4 rings (SSSR count). The average molecular weight is 468 g/mol. The number of rotatable bonds is 5. The number of hydrogen-bond donors (Lipinski definition) is 2. The predicted octanol–water partition coefficient (Wildman–Crippen LogP) is 2.24. The Morgan fingerprint density at radius 1 is 1.30 bits per heavy atom. The lowest BCUT2D eigenvalue weighted by Crippen LogP contribution is -2.38. The Morgan fingerprint density at radius 3 is 2.58 bits per heavy atom. The van der Waals surface area contributed by atoms with Gasteiger partial charge in [-0.2, -0.15) is 4.98 Å². The van der Waals surface area contributed by atoms with Gasteiger partial charge in [-0.3, -0.25) is 9.36 Å². The van der Waals surface area contributed by atoms with Gasteiger partial charge in [-0.15, -0.1) is 6.42 Å². The molecule has 2 N–H and O–H groups in total. The van der Waals surface area contributed by atoms with Crippen LogP contribution in [0.2, 0.25) is 0 Å². The van der Waals surface area contributed by atoms with E-state index in [4.69, 9.17) is 6.42 Å². The number of aliphatic hydroxyl groups is 1. The second-order valence-electron chi connectivity index (χ2n) is 8.55. The number of nitrogens with zero attached hydrogens (tertiary/aromatic N) is 4. The zero-order chi connectivity index (χ0) is 24.0.